The molecule has 0 spiro atoms. The maximum atomic E-state index is 11.5. The van der Waals surface area contributed by atoms with Gasteiger partial charge in [-0.05, 0) is 40.9 Å². The predicted molar refractivity (Wildman–Crippen MR) is 72.5 cm³/mol. The monoisotopic (exact) mass is 299 g/mol. The molecule has 0 fully saturated rings. The minimum atomic E-state index is -0.357. The fourth-order valence-corrected chi connectivity index (χ4v) is 2.18. The van der Waals surface area contributed by atoms with E-state index in [9.17, 15) is 4.79 Å². The summed E-state index contributed by atoms with van der Waals surface area (Å²) in [4.78, 5) is 11.5. The molecule has 0 atom stereocenters. The highest BCUT2D eigenvalue weighted by molar-refractivity contribution is 6.39. The van der Waals surface area contributed by atoms with Crippen molar-refractivity contribution < 1.29 is 14.1 Å². The number of rotatable bonds is 3. The van der Waals surface area contributed by atoms with Gasteiger partial charge < -0.3 is 4.74 Å². The first-order chi connectivity index (χ1) is 9.02. The standard InChI is InChI=1S/C13H13Cl2N2O2/c1-16-8-17(12(15)11(16)14)7-9-4-3-5-10(6-9)13(18)19-2/h3-6,8H,7H2,1-2H3/q+1. The van der Waals surface area contributed by atoms with Gasteiger partial charge in [0.25, 0.3) is 10.3 Å². The molecular weight excluding hydrogens is 287 g/mol. The molecule has 0 saturated heterocycles. The summed E-state index contributed by atoms with van der Waals surface area (Å²) in [5, 5.41) is 0.943. The Balaban J connectivity index is 2.28. The largest absolute Gasteiger partial charge is 0.465 e. The van der Waals surface area contributed by atoms with E-state index in [0.717, 1.165) is 5.56 Å². The number of hydrogen-bond donors (Lipinski definition) is 0. The first-order valence-electron chi connectivity index (χ1n) is 5.60. The van der Waals surface area contributed by atoms with Crippen LogP contribution in [0.2, 0.25) is 10.3 Å². The van der Waals surface area contributed by atoms with Crippen LogP contribution < -0.4 is 4.57 Å². The van der Waals surface area contributed by atoms with E-state index in [1.807, 2.05) is 13.1 Å². The number of nitrogens with zero attached hydrogens (tertiary/aromatic N) is 2. The topological polar surface area (TPSA) is 35.1 Å². The Morgan fingerprint density at radius 2 is 2.16 bits per heavy atom. The van der Waals surface area contributed by atoms with E-state index >= 15 is 0 Å². The molecule has 100 valence electrons. The highest BCUT2D eigenvalue weighted by atomic mass is 35.5. The van der Waals surface area contributed by atoms with Crippen LogP contribution in [0, 0.1) is 0 Å². The lowest BCUT2D eigenvalue weighted by Gasteiger charge is -2.02. The van der Waals surface area contributed by atoms with Gasteiger partial charge in [0.2, 0.25) is 6.33 Å². The van der Waals surface area contributed by atoms with Gasteiger partial charge in [0.1, 0.15) is 6.54 Å². The van der Waals surface area contributed by atoms with Crippen molar-refractivity contribution in [2.45, 2.75) is 6.54 Å². The summed E-state index contributed by atoms with van der Waals surface area (Å²) in [6.07, 6.45) is 1.80. The molecule has 0 radical (unpaired) electrons. The summed E-state index contributed by atoms with van der Waals surface area (Å²) in [6.45, 7) is 0.532. The fraction of sp³-hybridized carbons (Fsp3) is 0.231. The average Bonchev–Trinajstić information content (AvgIpc) is 2.66. The normalized spacial score (nSPS) is 10.5. The van der Waals surface area contributed by atoms with E-state index in [1.54, 1.807) is 33.7 Å². The number of imidazole rings is 1. The van der Waals surface area contributed by atoms with Crippen molar-refractivity contribution in [3.63, 3.8) is 0 Å². The van der Waals surface area contributed by atoms with Gasteiger partial charge in [0, 0.05) is 0 Å². The molecule has 0 saturated carbocycles. The lowest BCUT2D eigenvalue weighted by Crippen LogP contribution is -2.26. The summed E-state index contributed by atoms with van der Waals surface area (Å²) in [6, 6.07) is 7.20. The number of aromatic nitrogens is 2. The third-order valence-corrected chi connectivity index (χ3v) is 3.68. The number of methoxy groups -OCH3 is 1. The first kappa shape index (κ1) is 13.9. The van der Waals surface area contributed by atoms with E-state index in [1.165, 1.54) is 7.11 Å². The molecular formula is C13H13Cl2N2O2+. The number of benzene rings is 1. The summed E-state index contributed by atoms with van der Waals surface area (Å²) >= 11 is 12.1. The second kappa shape index (κ2) is 5.63. The molecule has 6 heteroatoms. The molecule has 0 N–H and O–H groups in total. The number of carbonyl (C=O) groups excluding carboxylic acids is 1. The van der Waals surface area contributed by atoms with Crippen molar-refractivity contribution in [2.24, 2.45) is 7.05 Å². The minimum Gasteiger partial charge on any atom is -0.465 e. The number of ether oxygens (including phenoxy) is 1. The van der Waals surface area contributed by atoms with Crippen molar-refractivity contribution in [1.82, 2.24) is 4.57 Å². The van der Waals surface area contributed by atoms with Gasteiger partial charge in [0.15, 0.2) is 0 Å². The third-order valence-electron chi connectivity index (χ3n) is 2.75. The van der Waals surface area contributed by atoms with Gasteiger partial charge in [-0.25, -0.2) is 13.9 Å². The summed E-state index contributed by atoms with van der Waals surface area (Å²) in [7, 11) is 3.17. The molecule has 0 unspecified atom stereocenters. The second-order valence-electron chi connectivity index (χ2n) is 4.13. The Bertz CT molecular complexity index is 623. The second-order valence-corrected chi connectivity index (χ2v) is 4.84. The zero-order chi connectivity index (χ0) is 14.0. The zero-order valence-corrected chi connectivity index (χ0v) is 12.1. The van der Waals surface area contributed by atoms with Crippen LogP contribution in [0.1, 0.15) is 15.9 Å². The Hall–Kier alpha value is -1.52. The van der Waals surface area contributed by atoms with Crippen LogP contribution in [-0.2, 0) is 18.3 Å². The quantitative estimate of drug-likeness (QED) is 0.645. The zero-order valence-electron chi connectivity index (χ0n) is 10.6. The minimum absolute atomic E-state index is 0.357. The molecule has 1 heterocycles. The highest BCUT2D eigenvalue weighted by Crippen LogP contribution is 2.19. The Kier molecular flexibility index (Phi) is 4.12. The molecule has 2 rings (SSSR count). The van der Waals surface area contributed by atoms with Gasteiger partial charge in [-0.1, -0.05) is 12.1 Å². The highest BCUT2D eigenvalue weighted by Gasteiger charge is 2.18. The molecule has 0 bridgehead atoms. The Labute approximate surface area is 121 Å². The number of aryl methyl sites for hydroxylation is 1. The van der Waals surface area contributed by atoms with Crippen molar-refractivity contribution >= 4 is 29.2 Å². The molecule has 0 aliphatic carbocycles. The van der Waals surface area contributed by atoms with E-state index in [4.69, 9.17) is 27.9 Å². The number of carbonyl (C=O) groups is 1. The summed E-state index contributed by atoms with van der Waals surface area (Å²) in [5.74, 6) is -0.357. The van der Waals surface area contributed by atoms with Crippen LogP contribution in [0.5, 0.6) is 0 Å². The van der Waals surface area contributed by atoms with Crippen molar-refractivity contribution in [3.8, 4) is 0 Å². The maximum Gasteiger partial charge on any atom is 0.337 e. The molecule has 19 heavy (non-hydrogen) atoms. The molecule has 0 amide bonds. The van der Waals surface area contributed by atoms with E-state index < -0.39 is 0 Å². The predicted octanol–water partition coefficient (Wildman–Crippen LogP) is 2.45. The van der Waals surface area contributed by atoms with E-state index in [2.05, 4.69) is 0 Å². The molecule has 2 aromatic rings. The van der Waals surface area contributed by atoms with Crippen molar-refractivity contribution in [1.29, 1.82) is 0 Å². The lowest BCUT2D eigenvalue weighted by molar-refractivity contribution is -0.668. The van der Waals surface area contributed by atoms with Crippen LogP contribution in [-0.4, -0.2) is 17.6 Å². The summed E-state index contributed by atoms with van der Waals surface area (Å²) in [5.41, 5.74) is 1.45. The van der Waals surface area contributed by atoms with Crippen LogP contribution in [0.4, 0.5) is 0 Å². The SMILES string of the molecule is COC(=O)c1cccc(Cn2c[n+](C)c(Cl)c2Cl)c1. The van der Waals surface area contributed by atoms with Gasteiger partial charge in [-0.15, -0.1) is 0 Å². The van der Waals surface area contributed by atoms with Crippen LogP contribution in [0.3, 0.4) is 0 Å². The van der Waals surface area contributed by atoms with Gasteiger partial charge in [-0.3, -0.25) is 0 Å². The Morgan fingerprint density at radius 3 is 2.74 bits per heavy atom. The molecule has 4 nitrogen and oxygen atoms in total. The maximum absolute atomic E-state index is 11.5. The van der Waals surface area contributed by atoms with Crippen LogP contribution in [0.15, 0.2) is 30.6 Å². The van der Waals surface area contributed by atoms with E-state index in [-0.39, 0.29) is 5.97 Å². The molecule has 1 aromatic carbocycles. The molecule has 0 aliphatic rings. The molecule has 0 aliphatic heterocycles. The van der Waals surface area contributed by atoms with Crippen molar-refractivity contribution in [2.75, 3.05) is 7.11 Å². The lowest BCUT2D eigenvalue weighted by atomic mass is 10.1. The van der Waals surface area contributed by atoms with Gasteiger partial charge >= 0.3 is 5.97 Å². The Morgan fingerprint density at radius 1 is 1.42 bits per heavy atom. The number of esters is 1. The number of halogens is 2. The van der Waals surface area contributed by atoms with Crippen LogP contribution >= 0.6 is 23.2 Å². The average molecular weight is 300 g/mol. The molecule has 1 aromatic heterocycles. The third kappa shape index (κ3) is 2.91. The summed E-state index contributed by atoms with van der Waals surface area (Å²) < 4.78 is 8.23. The fourth-order valence-electron chi connectivity index (χ4n) is 1.80. The van der Waals surface area contributed by atoms with Crippen LogP contribution in [0.25, 0.3) is 0 Å². The van der Waals surface area contributed by atoms with Crippen molar-refractivity contribution in [3.05, 3.63) is 52.0 Å². The first-order valence-corrected chi connectivity index (χ1v) is 6.35. The number of hydrogen-bond acceptors (Lipinski definition) is 2. The van der Waals surface area contributed by atoms with Gasteiger partial charge in [-0.2, -0.15) is 0 Å². The van der Waals surface area contributed by atoms with Gasteiger partial charge in [0.05, 0.1) is 19.7 Å². The smallest absolute Gasteiger partial charge is 0.337 e. The van der Waals surface area contributed by atoms with E-state index in [0.29, 0.717) is 22.4 Å².